The van der Waals surface area contributed by atoms with Crippen molar-refractivity contribution in [3.8, 4) is 0 Å². The fraction of sp³-hybridized carbons (Fsp3) is 0.222. The van der Waals surface area contributed by atoms with E-state index in [9.17, 15) is 4.79 Å². The van der Waals surface area contributed by atoms with Crippen molar-refractivity contribution in [1.29, 1.82) is 0 Å². The Labute approximate surface area is 76.3 Å². The molecular formula is C9H12N3O+. The van der Waals surface area contributed by atoms with Crippen LogP contribution in [0.1, 0.15) is 18.2 Å². The number of carbonyl (C=O) groups excluding carboxylic acids is 1. The molecule has 13 heavy (non-hydrogen) atoms. The lowest BCUT2D eigenvalue weighted by Crippen LogP contribution is -2.45. The fourth-order valence-electron chi connectivity index (χ4n) is 0.993. The molecule has 0 bridgehead atoms. The first-order valence-corrected chi connectivity index (χ1v) is 3.88. The first-order chi connectivity index (χ1) is 6.02. The molecule has 0 spiro atoms. The van der Waals surface area contributed by atoms with Crippen molar-refractivity contribution >= 4 is 17.2 Å². The number of nitrogen functional groups attached to an aromatic ring is 1. The Morgan fingerprint density at radius 2 is 2.23 bits per heavy atom. The molecule has 0 aliphatic heterocycles. The van der Waals surface area contributed by atoms with Crippen LogP contribution in [0.4, 0.5) is 5.69 Å². The van der Waals surface area contributed by atoms with Gasteiger partial charge in [-0.15, -0.1) is 0 Å². The van der Waals surface area contributed by atoms with Crippen LogP contribution in [0.25, 0.3) is 0 Å². The summed E-state index contributed by atoms with van der Waals surface area (Å²) in [5, 5.41) is 5.57. The monoisotopic (exact) mass is 178 g/mol. The van der Waals surface area contributed by atoms with E-state index in [4.69, 9.17) is 11.1 Å². The minimum atomic E-state index is -0.183. The molecule has 0 unspecified atom stereocenters. The molecule has 1 heterocycles. The Morgan fingerprint density at radius 1 is 1.62 bits per heavy atom. The van der Waals surface area contributed by atoms with Crippen LogP contribution in [-0.2, 0) is 4.79 Å². The van der Waals surface area contributed by atoms with Crippen LogP contribution < -0.4 is 11.1 Å². The smallest absolute Gasteiger partial charge is 0.249 e. The number of hydrogen-bond acceptors (Lipinski definition) is 3. The van der Waals surface area contributed by atoms with Crippen LogP contribution in [0.2, 0.25) is 0 Å². The predicted octanol–water partition coefficient (Wildman–Crippen LogP) is -0.891. The number of Topliss-reactive ketones (excluding diaryl/α,β-unsaturated/α-hetero) is 1. The number of rotatable bonds is 2. The summed E-state index contributed by atoms with van der Waals surface area (Å²) < 4.78 is 0. The first kappa shape index (κ1) is 9.38. The summed E-state index contributed by atoms with van der Waals surface area (Å²) >= 11 is 0. The van der Waals surface area contributed by atoms with E-state index in [0.29, 0.717) is 11.3 Å². The average molecular weight is 178 g/mol. The molecule has 0 aromatic carbocycles. The quantitative estimate of drug-likeness (QED) is 0.576. The van der Waals surface area contributed by atoms with E-state index in [1.807, 2.05) is 6.92 Å². The van der Waals surface area contributed by atoms with Gasteiger partial charge < -0.3 is 5.73 Å². The minimum absolute atomic E-state index is 0.183. The van der Waals surface area contributed by atoms with E-state index in [-0.39, 0.29) is 11.5 Å². The van der Waals surface area contributed by atoms with Crippen molar-refractivity contribution in [1.82, 2.24) is 4.98 Å². The van der Waals surface area contributed by atoms with Crippen LogP contribution in [0.15, 0.2) is 12.3 Å². The van der Waals surface area contributed by atoms with Crippen LogP contribution in [0.5, 0.6) is 0 Å². The van der Waals surface area contributed by atoms with Crippen LogP contribution in [-0.4, -0.2) is 16.5 Å². The van der Waals surface area contributed by atoms with E-state index >= 15 is 0 Å². The summed E-state index contributed by atoms with van der Waals surface area (Å²) in [7, 11) is 0. The largest absolute Gasteiger partial charge is 0.397 e. The normalized spacial score (nSPS) is 9.69. The third kappa shape index (κ3) is 1.90. The zero-order chi connectivity index (χ0) is 10.0. The van der Waals surface area contributed by atoms with E-state index in [2.05, 4.69) is 4.98 Å². The summed E-state index contributed by atoms with van der Waals surface area (Å²) in [6.45, 7) is 3.22. The lowest BCUT2D eigenvalue weighted by molar-refractivity contribution is -0.132. The standard InChI is InChI=1S/C9H11N3O/c1-5-3-7(8(10)4-12-5)9(11)6(2)13/h3-4,11H,10H2,1-2H3/p+1. The molecule has 0 atom stereocenters. The highest BCUT2D eigenvalue weighted by Crippen LogP contribution is 2.10. The summed E-state index contributed by atoms with van der Waals surface area (Å²) in [5.74, 6) is -0.183. The number of nitrogens with two attached hydrogens (primary N) is 2. The highest BCUT2D eigenvalue weighted by atomic mass is 16.1. The fourth-order valence-corrected chi connectivity index (χ4v) is 0.993. The topological polar surface area (TPSA) is 81.6 Å². The van der Waals surface area contributed by atoms with Gasteiger partial charge in [-0.1, -0.05) is 0 Å². The number of anilines is 1. The maximum atomic E-state index is 11.0. The highest BCUT2D eigenvalue weighted by Gasteiger charge is 2.16. The zero-order valence-electron chi connectivity index (χ0n) is 7.66. The number of aromatic nitrogens is 1. The number of ketones is 1. The van der Waals surface area contributed by atoms with Gasteiger partial charge >= 0.3 is 0 Å². The Balaban J connectivity index is 3.21. The Bertz CT molecular complexity index is 371. The molecule has 0 aliphatic rings. The van der Waals surface area contributed by atoms with Crippen molar-refractivity contribution in [2.45, 2.75) is 13.8 Å². The van der Waals surface area contributed by atoms with Crippen LogP contribution in [0.3, 0.4) is 0 Å². The summed E-state index contributed by atoms with van der Waals surface area (Å²) in [6.07, 6.45) is 1.50. The molecule has 0 aliphatic carbocycles. The Hall–Kier alpha value is -1.71. The van der Waals surface area contributed by atoms with Gasteiger partial charge in [0.2, 0.25) is 11.5 Å². The third-order valence-corrected chi connectivity index (χ3v) is 1.74. The molecule has 68 valence electrons. The van der Waals surface area contributed by atoms with E-state index in [1.54, 1.807) is 6.07 Å². The van der Waals surface area contributed by atoms with Gasteiger partial charge in [0.05, 0.1) is 17.4 Å². The molecule has 1 aromatic rings. The van der Waals surface area contributed by atoms with E-state index < -0.39 is 0 Å². The molecule has 4 heteroatoms. The highest BCUT2D eigenvalue weighted by molar-refractivity contribution is 6.43. The van der Waals surface area contributed by atoms with Gasteiger partial charge in [-0.3, -0.25) is 15.2 Å². The summed E-state index contributed by atoms with van der Waals surface area (Å²) in [4.78, 5) is 14.9. The summed E-state index contributed by atoms with van der Waals surface area (Å²) in [5.41, 5.74) is 7.58. The molecular weight excluding hydrogens is 166 g/mol. The molecule has 0 radical (unpaired) electrons. The zero-order valence-corrected chi connectivity index (χ0v) is 7.66. The van der Waals surface area contributed by atoms with Gasteiger partial charge in [-0.2, -0.15) is 0 Å². The third-order valence-electron chi connectivity index (χ3n) is 1.74. The van der Waals surface area contributed by atoms with Gasteiger partial charge in [0.15, 0.2) is 0 Å². The molecule has 0 saturated heterocycles. The molecule has 0 saturated carbocycles. The van der Waals surface area contributed by atoms with Crippen molar-refractivity contribution < 1.29 is 10.2 Å². The number of nitrogens with zero attached hydrogens (tertiary/aromatic N) is 1. The van der Waals surface area contributed by atoms with Gasteiger partial charge in [-0.05, 0) is 13.0 Å². The van der Waals surface area contributed by atoms with E-state index in [1.165, 1.54) is 13.1 Å². The van der Waals surface area contributed by atoms with Crippen LogP contribution in [0, 0.1) is 6.92 Å². The lowest BCUT2D eigenvalue weighted by Gasteiger charge is -2.01. The maximum absolute atomic E-state index is 11.0. The first-order valence-electron chi connectivity index (χ1n) is 3.88. The Kier molecular flexibility index (Phi) is 2.41. The molecule has 0 amide bonds. The molecule has 4 nitrogen and oxygen atoms in total. The molecule has 1 aromatic heterocycles. The second-order valence-corrected chi connectivity index (χ2v) is 2.88. The molecule has 4 N–H and O–H groups in total. The molecule has 1 rings (SSSR count). The SMILES string of the molecule is CC(=O)C(=[NH2+])c1cc(C)ncc1N. The van der Waals surface area contributed by atoms with Gasteiger partial charge in [0.25, 0.3) is 0 Å². The summed E-state index contributed by atoms with van der Waals surface area (Å²) in [6, 6.07) is 1.70. The average Bonchev–Trinajstić information content (AvgIpc) is 2.08. The second-order valence-electron chi connectivity index (χ2n) is 2.88. The van der Waals surface area contributed by atoms with E-state index in [0.717, 1.165) is 5.69 Å². The van der Waals surface area contributed by atoms with Crippen molar-refractivity contribution in [2.24, 2.45) is 0 Å². The van der Waals surface area contributed by atoms with Crippen molar-refractivity contribution in [3.63, 3.8) is 0 Å². The van der Waals surface area contributed by atoms with Gasteiger partial charge in [0.1, 0.15) is 0 Å². The number of aryl methyl sites for hydroxylation is 1. The van der Waals surface area contributed by atoms with Crippen molar-refractivity contribution in [3.05, 3.63) is 23.5 Å². The van der Waals surface area contributed by atoms with Crippen LogP contribution >= 0.6 is 0 Å². The lowest BCUT2D eigenvalue weighted by atomic mass is 10.1. The number of hydrogen-bond donors (Lipinski definition) is 2. The number of pyridine rings is 1. The van der Waals surface area contributed by atoms with Crippen molar-refractivity contribution in [2.75, 3.05) is 5.73 Å². The second kappa shape index (κ2) is 3.35. The molecule has 0 fully saturated rings. The van der Waals surface area contributed by atoms with Gasteiger partial charge in [-0.25, -0.2) is 0 Å². The Morgan fingerprint density at radius 3 is 2.77 bits per heavy atom. The minimum Gasteiger partial charge on any atom is -0.397 e. The van der Waals surface area contributed by atoms with Gasteiger partial charge in [0, 0.05) is 12.6 Å². The number of carbonyl (C=O) groups is 1. The predicted molar refractivity (Wildman–Crippen MR) is 50.1 cm³/mol. The maximum Gasteiger partial charge on any atom is 0.249 e.